The highest BCUT2D eigenvalue weighted by molar-refractivity contribution is 6.41. The number of phenols is 2. The molecule has 21 aliphatic heterocycles. The summed E-state index contributed by atoms with van der Waals surface area (Å²) in [6, 6.07) is 3.65. The minimum absolute atomic E-state index is 0.0110. The van der Waals surface area contributed by atoms with E-state index in [9.17, 15) is 132 Å². The van der Waals surface area contributed by atoms with Crippen LogP contribution < -0.4 is 0 Å². The number of allylic oxidation sites excluding steroid dienone is 8. The minimum atomic E-state index is -2.21. The van der Waals surface area contributed by atoms with Crippen LogP contribution >= 0.6 is 0 Å². The van der Waals surface area contributed by atoms with E-state index in [1.807, 2.05) is 68.4 Å². The van der Waals surface area contributed by atoms with Gasteiger partial charge in [-0.3, -0.25) is 14.4 Å². The Balaban J connectivity index is 0.000000296. The molecule has 23 aliphatic rings. The lowest BCUT2D eigenvalue weighted by atomic mass is 9.38. The SMILES string of the molecule is C=C(C)[C@@H](CC=C(C)C)C[C@@]12C[C@@H](CC=C(C)C)C(C)(C)[C@@](CC=C(C)C)(C(=O)C(=C(O)c3ccc(O)c(O)c3)C1=O)C2=O.OC[C@H]1O[C@@H]2O[C@H]3[C@H](O)[C@@H](O)[C@@H](O[C@H]4[C@H](O)[C@@H](O)[C@@H](O[C@H]5[C@H](O)[C@@H](O)[C@@H](O[C@H]6[C@H](O)[C@@H](O)[C@@H](O[C@H]7[C@H](O)[C@@H](O)[C@@H](O[C@H]8[C@H](O)[C@@H](O)[C@@H](O[C@H]1[C@H](O)[C@H]2O)O[C@@H]8CO)O[C@@H]7CO)O[C@@H]6CO)O[C@@H]5CO)O[C@@H]4CO)O[C@@H]3CO. The number of rotatable bonds is 17. The number of aliphatic hydroxyl groups excluding tert-OH is 22. The molecule has 24 N–H and O–H groups in total. The molecule has 686 valence electrons. The van der Waals surface area contributed by atoms with E-state index in [0.717, 1.165) is 28.4 Å². The van der Waals surface area contributed by atoms with Crippen LogP contribution in [0.1, 0.15) is 100.0 Å². The van der Waals surface area contributed by atoms with E-state index in [2.05, 4.69) is 18.7 Å². The standard InChI is InChI=1S/C42H70O35.C38H50O6/c43-1-8-29-15(50)22(57)36(64-8)72-30-9(2-44)66-38(24(59)17(30)52)74-32-11(4-46)68-40(26(61)19(32)54)76-34-13(6-48)70-42(28(63)21(34)56)77-35-14(7-49)69-41(27(62)20(35)55)75-33-12(5-47)67-39(25(60)18(33)53)73-31-10(3-45)65-37(71-29)23(58)16(31)51;1-22(2)11-13-27(25(7)8)20-37-21-28(15-12-23(3)4)36(9,10)38(35(37)44,18-17-24(5)6)34(43)31(33(37)42)32(41)26-14-16-29(39)30(40)19-26/h8-63H,1-7H2;11-12,14,16-17,19,27-28,39-41H,7,13,15,18,20-21H2,1-6,8-10H3/t8-,9-,10-,11-,12-,13-,14-,15-,16-,17-,18-,19-,20-,21-,22-,23-,24-,25-,26-,27-,28-,29-,30-,31-,32-,33-,34-,35-,36-,37-,38-,39-,40-,41-,42-;27-,28+,37+,38-/m10/s1. The molecule has 121 heavy (non-hydrogen) atoms. The second-order valence-corrected chi connectivity index (χ2v) is 33.9. The van der Waals surface area contributed by atoms with Gasteiger partial charge in [0.2, 0.25) is 0 Å². The highest BCUT2D eigenvalue weighted by Crippen LogP contribution is 2.66. The molecule has 23 fully saturated rings. The largest absolute Gasteiger partial charge is 0.506 e. The van der Waals surface area contributed by atoms with Crippen LogP contribution in [-0.4, -0.2) is 401 Å². The van der Waals surface area contributed by atoms with Crippen LogP contribution in [0.2, 0.25) is 0 Å². The first-order valence-electron chi connectivity index (χ1n) is 40.1. The van der Waals surface area contributed by atoms with Crippen molar-refractivity contribution in [2.45, 2.75) is 309 Å². The van der Waals surface area contributed by atoms with Gasteiger partial charge in [0.05, 0.1) is 51.7 Å². The summed E-state index contributed by atoms with van der Waals surface area (Å²) in [5.74, 6) is -3.61. The molecule has 21 saturated heterocycles. The van der Waals surface area contributed by atoms with Gasteiger partial charge in [-0.1, -0.05) is 60.9 Å². The normalized spacial score (nSPS) is 44.7. The van der Waals surface area contributed by atoms with Crippen molar-refractivity contribution in [3.63, 3.8) is 0 Å². The van der Waals surface area contributed by atoms with Crippen molar-refractivity contribution in [1.29, 1.82) is 0 Å². The van der Waals surface area contributed by atoms with Gasteiger partial charge in [-0.15, -0.1) is 0 Å². The van der Waals surface area contributed by atoms with Crippen molar-refractivity contribution in [1.82, 2.24) is 0 Å². The van der Waals surface area contributed by atoms with Crippen molar-refractivity contribution in [2.24, 2.45) is 28.1 Å². The zero-order valence-corrected chi connectivity index (χ0v) is 68.2. The lowest BCUT2D eigenvalue weighted by molar-refractivity contribution is -0.396. The molecule has 0 amide bonds. The third-order valence-corrected chi connectivity index (χ3v) is 24.8. The first kappa shape index (κ1) is 98.1. The van der Waals surface area contributed by atoms with Crippen molar-refractivity contribution in [3.8, 4) is 11.5 Å². The third-order valence-electron chi connectivity index (χ3n) is 24.8. The Morgan fingerprint density at radius 1 is 0.405 bits per heavy atom. The molecule has 39 atom stereocenters. The van der Waals surface area contributed by atoms with Crippen LogP contribution in [0.15, 0.2) is 70.9 Å². The summed E-state index contributed by atoms with van der Waals surface area (Å²) in [5, 5.41) is 262. The van der Waals surface area contributed by atoms with Crippen molar-refractivity contribution >= 4 is 23.1 Å². The molecular weight excluding hydrogens is 1620 g/mol. The average molecular weight is 1740 g/mol. The molecule has 24 rings (SSSR count). The summed E-state index contributed by atoms with van der Waals surface area (Å²) in [6.45, 7) is 14.5. The first-order valence-corrected chi connectivity index (χ1v) is 40.1. The Kier molecular flexibility index (Phi) is 32.8. The van der Waals surface area contributed by atoms with Gasteiger partial charge in [0.1, 0.15) is 188 Å². The first-order chi connectivity index (χ1) is 57.0. The quantitative estimate of drug-likeness (QED) is 0.0172. The number of fused-ring (bicyclic) bond motifs is 2. The third kappa shape index (κ3) is 19.4. The van der Waals surface area contributed by atoms with Crippen LogP contribution in [0.25, 0.3) is 5.76 Å². The van der Waals surface area contributed by atoms with Crippen LogP contribution in [0.5, 0.6) is 11.5 Å². The molecule has 2 aliphatic carbocycles. The van der Waals surface area contributed by atoms with Gasteiger partial charge in [-0.2, -0.15) is 0 Å². The van der Waals surface area contributed by atoms with Gasteiger partial charge in [0.15, 0.2) is 72.9 Å². The molecule has 41 nitrogen and oxygen atoms in total. The molecule has 21 heterocycles. The van der Waals surface area contributed by atoms with E-state index < -0.39 is 312 Å². The highest BCUT2D eigenvalue weighted by Gasteiger charge is 2.74. The van der Waals surface area contributed by atoms with E-state index in [1.54, 1.807) is 0 Å². The number of aliphatic hydroxyl groups is 22. The predicted octanol–water partition coefficient (Wildman–Crippen LogP) is -6.47. The lowest BCUT2D eigenvalue weighted by Gasteiger charge is -2.60. The number of aromatic hydroxyl groups is 2. The second kappa shape index (κ2) is 40.5. The maximum atomic E-state index is 15.2. The molecule has 16 bridgehead atoms. The van der Waals surface area contributed by atoms with Crippen LogP contribution in [0, 0.1) is 28.1 Å². The van der Waals surface area contributed by atoms with E-state index in [-0.39, 0.29) is 42.4 Å². The molecule has 0 aromatic heterocycles. The Morgan fingerprint density at radius 2 is 0.686 bits per heavy atom. The summed E-state index contributed by atoms with van der Waals surface area (Å²) in [4.78, 5) is 44.9. The van der Waals surface area contributed by atoms with Crippen LogP contribution in [-0.2, 0) is 80.7 Å². The van der Waals surface area contributed by atoms with Gasteiger partial charge in [-0.25, -0.2) is 0 Å². The number of phenolic OH excluding ortho intramolecular Hbond substituents is 2. The van der Waals surface area contributed by atoms with Crippen LogP contribution in [0.4, 0.5) is 0 Å². The van der Waals surface area contributed by atoms with Crippen molar-refractivity contribution in [3.05, 3.63) is 76.4 Å². The van der Waals surface area contributed by atoms with Gasteiger partial charge < -0.3 is 189 Å². The molecule has 41 heteroatoms. The smallest absolute Gasteiger partial charge is 0.187 e. The molecule has 0 unspecified atom stereocenters. The number of Topliss-reactive ketones (excluding diaryl/α,β-unsaturated/α-hetero) is 3. The van der Waals surface area contributed by atoms with Crippen molar-refractivity contribution in [2.75, 3.05) is 46.2 Å². The molecule has 0 radical (unpaired) electrons. The number of carbonyl (C=O) groups excluding carboxylic acids is 3. The summed E-state index contributed by atoms with van der Waals surface area (Å²) in [6.07, 6.45) is -62.5. The molecule has 1 aromatic rings. The average Bonchev–Trinajstić information content (AvgIpc) is 0.671. The van der Waals surface area contributed by atoms with Crippen molar-refractivity contribution < 1.29 is 203 Å². The topological polar surface area (TPSA) is 666 Å². The predicted molar refractivity (Wildman–Crippen MR) is 405 cm³/mol. The number of ketones is 3. The Bertz CT molecular complexity index is 3440. The Morgan fingerprint density at radius 3 is 0.934 bits per heavy atom. The fraction of sp³-hybridized carbons (Fsp3) is 0.762. The van der Waals surface area contributed by atoms with Gasteiger partial charge in [-0.05, 0) is 116 Å². The Labute approximate surface area is 695 Å². The van der Waals surface area contributed by atoms with E-state index in [0.29, 0.717) is 12.8 Å². The highest BCUT2D eigenvalue weighted by atomic mass is 16.8. The number of carbonyl (C=O) groups is 3. The van der Waals surface area contributed by atoms with E-state index in [4.69, 9.17) is 66.3 Å². The number of hydrogen-bond donors (Lipinski definition) is 24. The maximum Gasteiger partial charge on any atom is 0.187 e. The second-order valence-electron chi connectivity index (χ2n) is 33.9. The summed E-state index contributed by atoms with van der Waals surface area (Å²) < 4.78 is 79.5. The van der Waals surface area contributed by atoms with E-state index in [1.165, 1.54) is 12.1 Å². The monoisotopic (exact) mass is 1740 g/mol. The zero-order chi connectivity index (χ0) is 89.4. The molecule has 1 aromatic carbocycles. The number of hydrogen-bond acceptors (Lipinski definition) is 41. The van der Waals surface area contributed by atoms with Gasteiger partial charge in [0.25, 0.3) is 0 Å². The summed E-state index contributed by atoms with van der Waals surface area (Å²) >= 11 is 0. The fourth-order valence-electron chi connectivity index (χ4n) is 17.5. The molecule has 2 saturated carbocycles. The fourth-order valence-corrected chi connectivity index (χ4v) is 17.5. The van der Waals surface area contributed by atoms with Gasteiger partial charge in [0, 0.05) is 5.56 Å². The summed E-state index contributed by atoms with van der Waals surface area (Å²) in [7, 11) is 0. The maximum absolute atomic E-state index is 15.2. The minimum Gasteiger partial charge on any atom is -0.506 e. The van der Waals surface area contributed by atoms with E-state index >= 15 is 4.79 Å². The Hall–Kier alpha value is -5.07. The summed E-state index contributed by atoms with van der Waals surface area (Å²) in [5.41, 5.74) is -0.453. The molecule has 0 spiro atoms. The zero-order valence-electron chi connectivity index (χ0n) is 68.2. The number of benzene rings is 1. The van der Waals surface area contributed by atoms with Crippen LogP contribution in [0.3, 0.4) is 0 Å². The molecular formula is C80H120O41. The van der Waals surface area contributed by atoms with Gasteiger partial charge >= 0.3 is 0 Å². The lowest BCUT2D eigenvalue weighted by Crippen LogP contribution is -2.69. The number of ether oxygens (including phenoxy) is 14.